The summed E-state index contributed by atoms with van der Waals surface area (Å²) >= 11 is 0. The molecule has 0 aliphatic heterocycles. The highest BCUT2D eigenvalue weighted by Gasteiger charge is 2.41. The predicted octanol–water partition coefficient (Wildman–Crippen LogP) is 4.80. The molecule has 0 fully saturated rings. The maximum Gasteiger partial charge on any atom is 0.471 e. The fourth-order valence-electron chi connectivity index (χ4n) is 3.09. The minimum absolute atomic E-state index is 0.0866. The van der Waals surface area contributed by atoms with Gasteiger partial charge < -0.3 is 10.2 Å². The summed E-state index contributed by atoms with van der Waals surface area (Å²) in [5.41, 5.74) is 2.44. The van der Waals surface area contributed by atoms with Crippen LogP contribution < -0.4 is 5.32 Å². The van der Waals surface area contributed by atoms with E-state index in [0.717, 1.165) is 16.5 Å². The van der Waals surface area contributed by atoms with Crippen LogP contribution in [0.4, 0.5) is 18.9 Å². The van der Waals surface area contributed by atoms with E-state index >= 15 is 0 Å². The molecule has 1 aromatic heterocycles. The highest BCUT2D eigenvalue weighted by Crippen LogP contribution is 2.21. The summed E-state index contributed by atoms with van der Waals surface area (Å²) in [5, 5.41) is 3.63. The molecule has 3 rings (SSSR count). The van der Waals surface area contributed by atoms with Gasteiger partial charge >= 0.3 is 12.1 Å². The van der Waals surface area contributed by atoms with E-state index in [1.807, 2.05) is 30.3 Å². The van der Waals surface area contributed by atoms with Crippen LogP contribution in [0.15, 0.2) is 66.9 Å². The van der Waals surface area contributed by atoms with Gasteiger partial charge in [-0.1, -0.05) is 36.4 Å². The molecular weight excluding hydrogens is 407 g/mol. The number of para-hydroxylation sites is 1. The van der Waals surface area contributed by atoms with Gasteiger partial charge in [0.1, 0.15) is 0 Å². The number of pyridine rings is 1. The van der Waals surface area contributed by atoms with E-state index in [4.69, 9.17) is 0 Å². The van der Waals surface area contributed by atoms with Gasteiger partial charge in [-0.15, -0.1) is 0 Å². The molecule has 0 aliphatic rings. The van der Waals surface area contributed by atoms with Crippen LogP contribution in [0.3, 0.4) is 0 Å². The number of amides is 2. The highest BCUT2D eigenvalue weighted by atomic mass is 19.4. The largest absolute Gasteiger partial charge is 0.471 e. The van der Waals surface area contributed by atoms with Crippen LogP contribution >= 0.6 is 0 Å². The molecule has 0 unspecified atom stereocenters. The third kappa shape index (κ3) is 5.69. The Morgan fingerprint density at radius 1 is 1.10 bits per heavy atom. The van der Waals surface area contributed by atoms with Crippen molar-refractivity contribution in [3.8, 4) is 0 Å². The summed E-state index contributed by atoms with van der Waals surface area (Å²) in [6.45, 7) is 1.18. The monoisotopic (exact) mass is 427 g/mol. The lowest BCUT2D eigenvalue weighted by atomic mass is 10.1. The third-order valence-electron chi connectivity index (χ3n) is 4.56. The van der Waals surface area contributed by atoms with Gasteiger partial charge in [-0.3, -0.25) is 14.6 Å². The number of nitrogens with zero attached hydrogens (tertiary/aromatic N) is 2. The summed E-state index contributed by atoms with van der Waals surface area (Å²) in [4.78, 5) is 28.8. The topological polar surface area (TPSA) is 62.3 Å². The van der Waals surface area contributed by atoms with E-state index in [1.54, 1.807) is 30.5 Å². The molecular formula is C23H20F3N3O2. The molecule has 1 heterocycles. The Morgan fingerprint density at radius 2 is 1.84 bits per heavy atom. The van der Waals surface area contributed by atoms with E-state index in [0.29, 0.717) is 16.2 Å². The fraction of sp³-hybridized carbons (Fsp3) is 0.174. The summed E-state index contributed by atoms with van der Waals surface area (Å²) < 4.78 is 38.1. The Labute approximate surface area is 177 Å². The van der Waals surface area contributed by atoms with Crippen LogP contribution in [0.25, 0.3) is 17.0 Å². The predicted molar refractivity (Wildman–Crippen MR) is 113 cm³/mol. The quantitative estimate of drug-likeness (QED) is 0.575. The normalized spacial score (nSPS) is 11.6. The second-order valence-corrected chi connectivity index (χ2v) is 6.76. The number of anilines is 1. The number of carbonyl (C=O) groups is 2. The van der Waals surface area contributed by atoms with Crippen molar-refractivity contribution in [3.05, 3.63) is 78.0 Å². The van der Waals surface area contributed by atoms with Crippen molar-refractivity contribution in [2.45, 2.75) is 19.6 Å². The second kappa shape index (κ2) is 9.42. The van der Waals surface area contributed by atoms with Gasteiger partial charge in [-0.25, -0.2) is 0 Å². The smallest absolute Gasteiger partial charge is 0.331 e. The molecule has 160 valence electrons. The Morgan fingerprint density at radius 3 is 2.58 bits per heavy atom. The Kier molecular flexibility index (Phi) is 6.69. The van der Waals surface area contributed by atoms with Crippen molar-refractivity contribution >= 4 is 34.5 Å². The molecule has 0 radical (unpaired) electrons. The van der Waals surface area contributed by atoms with Crippen molar-refractivity contribution < 1.29 is 22.8 Å². The molecule has 0 aliphatic carbocycles. The lowest BCUT2D eigenvalue weighted by Gasteiger charge is -2.22. The highest BCUT2D eigenvalue weighted by molar-refractivity contribution is 6.03. The lowest BCUT2D eigenvalue weighted by molar-refractivity contribution is -0.185. The van der Waals surface area contributed by atoms with E-state index < -0.39 is 18.0 Å². The van der Waals surface area contributed by atoms with E-state index in [9.17, 15) is 22.8 Å². The number of nitrogens with one attached hydrogen (secondary N) is 1. The van der Waals surface area contributed by atoms with Crippen molar-refractivity contribution in [3.63, 3.8) is 0 Å². The SMILES string of the molecule is CCN(Cc1cccc(NC(=O)/C=C/c2cccc3cccnc23)c1)C(=O)C(F)(F)F. The zero-order valence-corrected chi connectivity index (χ0v) is 16.7. The molecule has 0 spiro atoms. The number of carbonyl (C=O) groups excluding carboxylic acids is 2. The number of benzene rings is 2. The molecule has 0 saturated carbocycles. The molecule has 0 saturated heterocycles. The van der Waals surface area contributed by atoms with Gasteiger partial charge in [0.2, 0.25) is 5.91 Å². The van der Waals surface area contributed by atoms with Gasteiger partial charge in [0, 0.05) is 42.0 Å². The standard InChI is InChI=1S/C23H20F3N3O2/c1-2-29(22(31)23(24,25)26)15-16-6-3-10-19(14-16)28-20(30)12-11-18-8-4-7-17-9-5-13-27-21(17)18/h3-14H,2,15H2,1H3,(H,28,30)/b12-11+. The summed E-state index contributed by atoms with van der Waals surface area (Å²) in [6, 6.07) is 15.8. The van der Waals surface area contributed by atoms with Crippen LogP contribution in [0.2, 0.25) is 0 Å². The van der Waals surface area contributed by atoms with E-state index in [-0.39, 0.29) is 13.1 Å². The average molecular weight is 427 g/mol. The van der Waals surface area contributed by atoms with E-state index in [1.165, 1.54) is 19.1 Å². The minimum Gasteiger partial charge on any atom is -0.331 e. The van der Waals surface area contributed by atoms with Crippen molar-refractivity contribution in [2.24, 2.45) is 0 Å². The maximum absolute atomic E-state index is 12.7. The van der Waals surface area contributed by atoms with Gasteiger partial charge in [-0.2, -0.15) is 13.2 Å². The molecule has 31 heavy (non-hydrogen) atoms. The van der Waals surface area contributed by atoms with Crippen molar-refractivity contribution in [1.82, 2.24) is 9.88 Å². The summed E-state index contributed by atoms with van der Waals surface area (Å²) in [7, 11) is 0. The zero-order chi connectivity index (χ0) is 22.4. The second-order valence-electron chi connectivity index (χ2n) is 6.76. The molecule has 2 amide bonds. The van der Waals surface area contributed by atoms with Crippen LogP contribution in [0.5, 0.6) is 0 Å². The number of fused-ring (bicyclic) bond motifs is 1. The first-order valence-corrected chi connectivity index (χ1v) is 9.56. The van der Waals surface area contributed by atoms with Crippen molar-refractivity contribution in [2.75, 3.05) is 11.9 Å². The zero-order valence-electron chi connectivity index (χ0n) is 16.7. The number of rotatable bonds is 6. The molecule has 0 bridgehead atoms. The van der Waals surface area contributed by atoms with Crippen LogP contribution in [0, 0.1) is 0 Å². The van der Waals surface area contributed by atoms with Gasteiger partial charge in [0.15, 0.2) is 0 Å². The molecule has 3 aromatic rings. The molecule has 2 aromatic carbocycles. The Balaban J connectivity index is 1.69. The van der Waals surface area contributed by atoms with E-state index in [2.05, 4.69) is 10.3 Å². The minimum atomic E-state index is -4.93. The van der Waals surface area contributed by atoms with Crippen LogP contribution in [0.1, 0.15) is 18.1 Å². The molecule has 1 N–H and O–H groups in total. The Hall–Kier alpha value is -3.68. The lowest BCUT2D eigenvalue weighted by Crippen LogP contribution is -2.40. The van der Waals surface area contributed by atoms with Crippen molar-refractivity contribution in [1.29, 1.82) is 0 Å². The fourth-order valence-corrected chi connectivity index (χ4v) is 3.09. The first-order chi connectivity index (χ1) is 14.8. The average Bonchev–Trinajstić information content (AvgIpc) is 2.75. The first kappa shape index (κ1) is 22.0. The molecule has 5 nitrogen and oxygen atoms in total. The number of aromatic nitrogens is 1. The third-order valence-corrected chi connectivity index (χ3v) is 4.56. The van der Waals surface area contributed by atoms with Gasteiger partial charge in [-0.05, 0) is 36.8 Å². The number of hydrogen-bond donors (Lipinski definition) is 1. The molecule has 0 atom stereocenters. The number of halogens is 3. The number of hydrogen-bond acceptors (Lipinski definition) is 3. The first-order valence-electron chi connectivity index (χ1n) is 9.56. The maximum atomic E-state index is 12.7. The van der Waals surface area contributed by atoms with Gasteiger partial charge in [0.25, 0.3) is 0 Å². The van der Waals surface area contributed by atoms with Crippen LogP contribution in [-0.2, 0) is 16.1 Å². The molecule has 8 heteroatoms. The summed E-state index contributed by atoms with van der Waals surface area (Å²) in [6.07, 6.45) is -0.242. The summed E-state index contributed by atoms with van der Waals surface area (Å²) in [5.74, 6) is -2.29. The number of alkyl halides is 3. The van der Waals surface area contributed by atoms with Crippen LogP contribution in [-0.4, -0.2) is 34.4 Å². The van der Waals surface area contributed by atoms with Gasteiger partial charge in [0.05, 0.1) is 5.52 Å². The Bertz CT molecular complexity index is 1120.